The van der Waals surface area contributed by atoms with Crippen LogP contribution in [-0.4, -0.2) is 31.1 Å². The number of quaternary nitrogens is 1. The summed E-state index contributed by atoms with van der Waals surface area (Å²) < 4.78 is 5.78. The number of halogens is 1. The second-order valence-corrected chi connectivity index (χ2v) is 7.36. The summed E-state index contributed by atoms with van der Waals surface area (Å²) in [5.41, 5.74) is 2.35. The number of likely N-dealkylation sites (tertiary alicyclic amines) is 1. The number of ether oxygens (including phenoxy) is 1. The maximum Gasteiger partial charge on any atom is 0.261 e. The molecule has 1 saturated heterocycles. The Hall–Kier alpha value is -2.04. The Morgan fingerprint density at radius 3 is 2.92 bits per heavy atom. The molecule has 5 heteroatoms. The van der Waals surface area contributed by atoms with Gasteiger partial charge < -0.3 is 15.0 Å². The quantitative estimate of drug-likeness (QED) is 0.873. The Labute approximate surface area is 152 Å². The zero-order chi connectivity index (χ0) is 17.2. The Kier molecular flexibility index (Phi) is 4.64. The smallest absolute Gasteiger partial charge is 0.261 e. The molecule has 4 nitrogen and oxygen atoms in total. The van der Waals surface area contributed by atoms with Crippen LogP contribution in [0.2, 0.25) is 5.02 Å². The number of benzene rings is 2. The van der Waals surface area contributed by atoms with E-state index in [0.29, 0.717) is 11.4 Å². The van der Waals surface area contributed by atoms with Gasteiger partial charge in [0, 0.05) is 23.4 Å². The number of amides is 1. The van der Waals surface area contributed by atoms with Gasteiger partial charge in [0.05, 0.1) is 19.1 Å². The highest BCUT2D eigenvalue weighted by Gasteiger charge is 2.33. The van der Waals surface area contributed by atoms with Crippen molar-refractivity contribution >= 4 is 17.5 Å². The molecule has 2 aromatic carbocycles. The van der Waals surface area contributed by atoms with Crippen LogP contribution in [0.15, 0.2) is 48.5 Å². The van der Waals surface area contributed by atoms with Crippen molar-refractivity contribution in [3.63, 3.8) is 0 Å². The van der Waals surface area contributed by atoms with Crippen LogP contribution < -0.4 is 15.0 Å². The highest BCUT2D eigenvalue weighted by atomic mass is 35.5. The van der Waals surface area contributed by atoms with Gasteiger partial charge in [0.25, 0.3) is 5.91 Å². The van der Waals surface area contributed by atoms with E-state index < -0.39 is 6.10 Å². The van der Waals surface area contributed by atoms with E-state index in [4.69, 9.17) is 16.3 Å². The van der Waals surface area contributed by atoms with Crippen molar-refractivity contribution in [3.8, 4) is 5.75 Å². The molecular weight excluding hydrogens is 336 g/mol. The van der Waals surface area contributed by atoms with Crippen molar-refractivity contribution < 1.29 is 14.4 Å². The summed E-state index contributed by atoms with van der Waals surface area (Å²) in [6.07, 6.45) is 1.17. The maximum atomic E-state index is 12.5. The first-order chi connectivity index (χ1) is 12.2. The molecule has 0 radical (unpaired) electrons. The second kappa shape index (κ2) is 7.06. The van der Waals surface area contributed by atoms with Crippen LogP contribution in [0, 0.1) is 0 Å². The third-order valence-corrected chi connectivity index (χ3v) is 5.25. The minimum atomic E-state index is -0.438. The molecule has 2 heterocycles. The van der Waals surface area contributed by atoms with Gasteiger partial charge in [0.1, 0.15) is 12.3 Å². The fourth-order valence-electron chi connectivity index (χ4n) is 3.76. The van der Waals surface area contributed by atoms with Crippen molar-refractivity contribution in [2.24, 2.45) is 0 Å². The molecule has 2 aromatic rings. The molecule has 0 spiro atoms. The third kappa shape index (κ3) is 3.80. The molecule has 25 heavy (non-hydrogen) atoms. The average Bonchev–Trinajstić information content (AvgIpc) is 3.22. The molecule has 1 amide bonds. The molecule has 0 saturated carbocycles. The van der Waals surface area contributed by atoms with E-state index in [0.717, 1.165) is 37.4 Å². The molecule has 0 bridgehead atoms. The van der Waals surface area contributed by atoms with Gasteiger partial charge >= 0.3 is 0 Å². The standard InChI is InChI=1S/C20H21ClN2O2/c21-16-6-7-18-15(10-16)11-19(25-18)20(24)22-17-8-9-23(13-17)12-14-4-2-1-3-5-14/h1-7,10,17,19H,8-9,11-13H2,(H,22,24)/p+1/t17-,19-/m0/s1. The van der Waals surface area contributed by atoms with E-state index in [1.165, 1.54) is 10.5 Å². The summed E-state index contributed by atoms with van der Waals surface area (Å²) in [5, 5.41) is 3.85. The van der Waals surface area contributed by atoms with E-state index >= 15 is 0 Å². The van der Waals surface area contributed by atoms with Crippen LogP contribution in [-0.2, 0) is 17.8 Å². The lowest BCUT2D eigenvalue weighted by Crippen LogP contribution is -3.09. The fourth-order valence-corrected chi connectivity index (χ4v) is 3.95. The van der Waals surface area contributed by atoms with Gasteiger partial charge in [-0.05, 0) is 23.8 Å². The first-order valence-corrected chi connectivity index (χ1v) is 9.18. The summed E-state index contributed by atoms with van der Waals surface area (Å²) in [6.45, 7) is 3.06. The number of hydrogen-bond acceptors (Lipinski definition) is 2. The first-order valence-electron chi connectivity index (χ1n) is 8.80. The Balaban J connectivity index is 1.29. The molecular formula is C20H22ClN2O2+. The van der Waals surface area contributed by atoms with Gasteiger partial charge in [-0.15, -0.1) is 0 Å². The van der Waals surface area contributed by atoms with E-state index in [9.17, 15) is 4.79 Å². The summed E-state index contributed by atoms with van der Waals surface area (Å²) in [4.78, 5) is 14.1. The first kappa shape index (κ1) is 16.4. The number of carbonyl (C=O) groups excluding carboxylic acids is 1. The molecule has 3 atom stereocenters. The van der Waals surface area contributed by atoms with Crippen LogP contribution in [0.3, 0.4) is 0 Å². The van der Waals surface area contributed by atoms with Crippen molar-refractivity contribution in [3.05, 3.63) is 64.7 Å². The zero-order valence-electron chi connectivity index (χ0n) is 14.0. The normalized spacial score (nSPS) is 24.6. The van der Waals surface area contributed by atoms with Gasteiger partial charge in [-0.2, -0.15) is 0 Å². The van der Waals surface area contributed by atoms with Gasteiger partial charge in [-0.25, -0.2) is 0 Å². The third-order valence-electron chi connectivity index (χ3n) is 5.01. The molecule has 4 rings (SSSR count). The van der Waals surface area contributed by atoms with Crippen LogP contribution in [0.5, 0.6) is 5.75 Å². The predicted octanol–water partition coefficient (Wildman–Crippen LogP) is 1.62. The number of carbonyl (C=O) groups is 1. The number of fused-ring (bicyclic) bond motifs is 1. The van der Waals surface area contributed by atoms with Crippen molar-refractivity contribution in [1.29, 1.82) is 0 Å². The van der Waals surface area contributed by atoms with E-state index in [1.807, 2.05) is 18.2 Å². The molecule has 0 aliphatic carbocycles. The summed E-state index contributed by atoms with van der Waals surface area (Å²) in [7, 11) is 0. The van der Waals surface area contributed by atoms with Gasteiger partial charge in [-0.3, -0.25) is 4.79 Å². The lowest BCUT2D eigenvalue weighted by atomic mass is 10.1. The minimum absolute atomic E-state index is 0.0155. The van der Waals surface area contributed by atoms with Crippen molar-refractivity contribution in [1.82, 2.24) is 5.32 Å². The largest absolute Gasteiger partial charge is 0.480 e. The summed E-state index contributed by atoms with van der Waals surface area (Å²) in [5.74, 6) is 0.755. The van der Waals surface area contributed by atoms with Gasteiger partial charge in [0.15, 0.2) is 6.10 Å². The summed E-state index contributed by atoms with van der Waals surface area (Å²) in [6, 6.07) is 16.2. The molecule has 0 aromatic heterocycles. The number of rotatable bonds is 4. The Morgan fingerprint density at radius 1 is 1.24 bits per heavy atom. The second-order valence-electron chi connectivity index (χ2n) is 6.92. The highest BCUT2D eigenvalue weighted by Crippen LogP contribution is 2.31. The number of nitrogens with one attached hydrogen (secondary N) is 2. The lowest BCUT2D eigenvalue weighted by molar-refractivity contribution is -0.901. The zero-order valence-corrected chi connectivity index (χ0v) is 14.8. The monoisotopic (exact) mass is 357 g/mol. The molecule has 130 valence electrons. The van der Waals surface area contributed by atoms with Gasteiger partial charge in [-0.1, -0.05) is 41.9 Å². The molecule has 1 fully saturated rings. The van der Waals surface area contributed by atoms with Crippen molar-refractivity contribution in [2.45, 2.75) is 31.5 Å². The topological polar surface area (TPSA) is 42.8 Å². The van der Waals surface area contributed by atoms with Crippen LogP contribution in [0.25, 0.3) is 0 Å². The van der Waals surface area contributed by atoms with E-state index in [-0.39, 0.29) is 11.9 Å². The fraction of sp³-hybridized carbons (Fsp3) is 0.350. The summed E-state index contributed by atoms with van der Waals surface area (Å²) >= 11 is 6.01. The molecule has 2 aliphatic heterocycles. The molecule has 1 unspecified atom stereocenters. The maximum absolute atomic E-state index is 12.5. The van der Waals surface area contributed by atoms with E-state index in [2.05, 4.69) is 29.6 Å². The van der Waals surface area contributed by atoms with Crippen LogP contribution >= 0.6 is 11.6 Å². The Morgan fingerprint density at radius 2 is 2.08 bits per heavy atom. The van der Waals surface area contributed by atoms with E-state index in [1.54, 1.807) is 6.07 Å². The lowest BCUT2D eigenvalue weighted by Gasteiger charge is -2.16. The predicted molar refractivity (Wildman–Crippen MR) is 97.0 cm³/mol. The van der Waals surface area contributed by atoms with Crippen LogP contribution in [0.4, 0.5) is 0 Å². The number of hydrogen-bond donors (Lipinski definition) is 2. The minimum Gasteiger partial charge on any atom is -0.480 e. The average molecular weight is 358 g/mol. The van der Waals surface area contributed by atoms with Gasteiger partial charge in [0.2, 0.25) is 0 Å². The SMILES string of the molecule is O=C(N[C@H]1CC[NH+](Cc2ccccc2)C1)[C@@H]1Cc2cc(Cl)ccc2O1. The Bertz CT molecular complexity index is 766. The highest BCUT2D eigenvalue weighted by molar-refractivity contribution is 6.30. The molecule has 2 N–H and O–H groups in total. The van der Waals surface area contributed by atoms with Crippen molar-refractivity contribution in [2.75, 3.05) is 13.1 Å². The van der Waals surface area contributed by atoms with Crippen LogP contribution in [0.1, 0.15) is 17.5 Å². The molecule has 2 aliphatic rings.